The number of nitrogens with zero attached hydrogens (tertiary/aromatic N) is 1. The van der Waals surface area contributed by atoms with Gasteiger partial charge in [0.05, 0.1) is 18.3 Å². The molecule has 0 spiro atoms. The molecule has 0 aliphatic carbocycles. The number of hydrogen-bond acceptors (Lipinski definition) is 3. The van der Waals surface area contributed by atoms with E-state index in [0.29, 0.717) is 26.2 Å². The summed E-state index contributed by atoms with van der Waals surface area (Å²) >= 11 is 0. The lowest BCUT2D eigenvalue weighted by Gasteiger charge is -2.37. The van der Waals surface area contributed by atoms with E-state index >= 15 is 0 Å². The van der Waals surface area contributed by atoms with Crippen molar-refractivity contribution in [3.8, 4) is 0 Å². The predicted molar refractivity (Wildman–Crippen MR) is 80.1 cm³/mol. The molecule has 2 heterocycles. The maximum atomic E-state index is 14.1. The standard InChI is InChI=1S/C17H22FNO3/c1-11-4-5-12(14(18)9-11)17(21)19-7-2-3-15(19)13-10-22-8-6-16(13)20/h4-5,9,13,15-16,20H,2-3,6-8,10H2,1H3/t13-,15+,16+/m0/s1. The second kappa shape index (κ2) is 6.34. The number of ether oxygens (including phenoxy) is 1. The highest BCUT2D eigenvalue weighted by Crippen LogP contribution is 2.31. The highest BCUT2D eigenvalue weighted by atomic mass is 19.1. The van der Waals surface area contributed by atoms with Gasteiger partial charge in [-0.1, -0.05) is 6.07 Å². The van der Waals surface area contributed by atoms with Gasteiger partial charge in [-0.25, -0.2) is 4.39 Å². The van der Waals surface area contributed by atoms with Gasteiger partial charge in [0.1, 0.15) is 5.82 Å². The third-order valence-electron chi connectivity index (χ3n) is 4.77. The molecule has 4 nitrogen and oxygen atoms in total. The van der Waals surface area contributed by atoms with Crippen LogP contribution in [-0.2, 0) is 4.74 Å². The molecule has 1 aromatic carbocycles. The summed E-state index contributed by atoms with van der Waals surface area (Å²) in [6.07, 6.45) is 1.87. The van der Waals surface area contributed by atoms with Crippen molar-refractivity contribution in [1.82, 2.24) is 4.90 Å². The monoisotopic (exact) mass is 307 g/mol. The number of hydrogen-bond donors (Lipinski definition) is 1. The normalized spacial score (nSPS) is 28.9. The summed E-state index contributed by atoms with van der Waals surface area (Å²) in [7, 11) is 0. The summed E-state index contributed by atoms with van der Waals surface area (Å²) in [4.78, 5) is 14.4. The number of carbonyl (C=O) groups is 1. The zero-order chi connectivity index (χ0) is 15.7. The van der Waals surface area contributed by atoms with Crippen LogP contribution in [0.2, 0.25) is 0 Å². The Morgan fingerprint density at radius 2 is 2.23 bits per heavy atom. The Kier molecular flexibility index (Phi) is 4.45. The van der Waals surface area contributed by atoms with Crippen LogP contribution in [-0.4, -0.2) is 47.8 Å². The van der Waals surface area contributed by atoms with Gasteiger partial charge in [-0.2, -0.15) is 0 Å². The molecule has 1 N–H and O–H groups in total. The van der Waals surface area contributed by atoms with E-state index in [1.165, 1.54) is 6.07 Å². The molecule has 5 heteroatoms. The van der Waals surface area contributed by atoms with E-state index in [9.17, 15) is 14.3 Å². The fourth-order valence-corrected chi connectivity index (χ4v) is 3.55. The van der Waals surface area contributed by atoms with Crippen molar-refractivity contribution in [1.29, 1.82) is 0 Å². The Bertz CT molecular complexity index is 563. The topological polar surface area (TPSA) is 49.8 Å². The van der Waals surface area contributed by atoms with Gasteiger partial charge in [0.2, 0.25) is 0 Å². The summed E-state index contributed by atoms with van der Waals surface area (Å²) in [6.45, 7) is 3.43. The molecule has 2 fully saturated rings. The molecule has 3 rings (SSSR count). The second-order valence-corrected chi connectivity index (χ2v) is 6.29. The van der Waals surface area contributed by atoms with Gasteiger partial charge in [-0.15, -0.1) is 0 Å². The number of aliphatic hydroxyl groups excluding tert-OH is 1. The third kappa shape index (κ3) is 2.88. The van der Waals surface area contributed by atoms with Crippen LogP contribution in [0.4, 0.5) is 4.39 Å². The van der Waals surface area contributed by atoms with Gasteiger partial charge in [0.25, 0.3) is 5.91 Å². The molecule has 0 saturated carbocycles. The summed E-state index contributed by atoms with van der Waals surface area (Å²) in [6, 6.07) is 4.62. The molecule has 0 radical (unpaired) electrons. The fourth-order valence-electron chi connectivity index (χ4n) is 3.55. The predicted octanol–water partition coefficient (Wildman–Crippen LogP) is 2.14. The Balaban J connectivity index is 1.81. The molecule has 2 saturated heterocycles. The number of benzene rings is 1. The lowest BCUT2D eigenvalue weighted by atomic mass is 9.89. The van der Waals surface area contributed by atoms with E-state index in [4.69, 9.17) is 4.74 Å². The lowest BCUT2D eigenvalue weighted by molar-refractivity contribution is -0.0589. The summed E-state index contributed by atoms with van der Waals surface area (Å²) in [5.74, 6) is -0.831. The average Bonchev–Trinajstić information content (AvgIpc) is 2.96. The molecule has 1 amide bonds. The van der Waals surface area contributed by atoms with Crippen molar-refractivity contribution < 1.29 is 19.0 Å². The van der Waals surface area contributed by atoms with E-state index in [-0.39, 0.29) is 23.4 Å². The first-order valence-electron chi connectivity index (χ1n) is 7.91. The Morgan fingerprint density at radius 1 is 1.41 bits per heavy atom. The van der Waals surface area contributed by atoms with Crippen molar-refractivity contribution >= 4 is 5.91 Å². The molecule has 0 aromatic heterocycles. The molecule has 120 valence electrons. The number of likely N-dealkylation sites (tertiary alicyclic amines) is 1. The second-order valence-electron chi connectivity index (χ2n) is 6.29. The molecular weight excluding hydrogens is 285 g/mol. The van der Waals surface area contributed by atoms with Crippen LogP contribution >= 0.6 is 0 Å². The minimum absolute atomic E-state index is 0.0662. The number of carbonyl (C=O) groups excluding carboxylic acids is 1. The maximum Gasteiger partial charge on any atom is 0.257 e. The van der Waals surface area contributed by atoms with Crippen LogP contribution in [0, 0.1) is 18.7 Å². The van der Waals surface area contributed by atoms with Gasteiger partial charge in [0, 0.05) is 25.1 Å². The highest BCUT2D eigenvalue weighted by Gasteiger charge is 2.40. The Hall–Kier alpha value is -1.46. The molecule has 22 heavy (non-hydrogen) atoms. The largest absolute Gasteiger partial charge is 0.393 e. The minimum atomic E-state index is -0.476. The lowest BCUT2D eigenvalue weighted by Crippen LogP contribution is -2.48. The van der Waals surface area contributed by atoms with Gasteiger partial charge in [-0.3, -0.25) is 4.79 Å². The van der Waals surface area contributed by atoms with E-state index < -0.39 is 11.9 Å². The van der Waals surface area contributed by atoms with E-state index in [1.807, 2.05) is 0 Å². The fraction of sp³-hybridized carbons (Fsp3) is 0.588. The van der Waals surface area contributed by atoms with Crippen molar-refractivity contribution in [3.05, 3.63) is 35.1 Å². The smallest absolute Gasteiger partial charge is 0.257 e. The van der Waals surface area contributed by atoms with Crippen molar-refractivity contribution in [3.63, 3.8) is 0 Å². The van der Waals surface area contributed by atoms with E-state index in [0.717, 1.165) is 18.4 Å². The van der Waals surface area contributed by atoms with E-state index in [2.05, 4.69) is 0 Å². The molecular formula is C17H22FNO3. The summed E-state index contributed by atoms with van der Waals surface area (Å²) in [5.41, 5.74) is 0.909. The molecule has 3 atom stereocenters. The zero-order valence-corrected chi connectivity index (χ0v) is 12.8. The number of aryl methyl sites for hydroxylation is 1. The first-order chi connectivity index (χ1) is 10.6. The Labute approximate surface area is 129 Å². The van der Waals surface area contributed by atoms with Crippen LogP contribution in [0.1, 0.15) is 35.2 Å². The van der Waals surface area contributed by atoms with Gasteiger partial charge in [-0.05, 0) is 43.9 Å². The molecule has 2 aliphatic heterocycles. The van der Waals surface area contributed by atoms with Gasteiger partial charge >= 0.3 is 0 Å². The van der Waals surface area contributed by atoms with E-state index in [1.54, 1.807) is 24.0 Å². The Morgan fingerprint density at radius 3 is 2.95 bits per heavy atom. The van der Waals surface area contributed by atoms with Crippen molar-refractivity contribution in [2.75, 3.05) is 19.8 Å². The van der Waals surface area contributed by atoms with Crippen LogP contribution < -0.4 is 0 Å². The van der Waals surface area contributed by atoms with Crippen LogP contribution in [0.15, 0.2) is 18.2 Å². The highest BCUT2D eigenvalue weighted by molar-refractivity contribution is 5.95. The van der Waals surface area contributed by atoms with Crippen LogP contribution in [0.5, 0.6) is 0 Å². The average molecular weight is 307 g/mol. The number of halogens is 1. The summed E-state index contributed by atoms with van der Waals surface area (Å²) < 4.78 is 19.5. The van der Waals surface area contributed by atoms with Crippen LogP contribution in [0.25, 0.3) is 0 Å². The minimum Gasteiger partial charge on any atom is -0.393 e. The SMILES string of the molecule is Cc1ccc(C(=O)N2CCC[C@@H]2[C@@H]2COCC[C@H]2O)c(F)c1. The molecule has 0 bridgehead atoms. The van der Waals surface area contributed by atoms with Crippen molar-refractivity contribution in [2.24, 2.45) is 5.92 Å². The quantitative estimate of drug-likeness (QED) is 0.910. The summed E-state index contributed by atoms with van der Waals surface area (Å²) in [5, 5.41) is 10.2. The molecule has 1 aromatic rings. The first kappa shape index (κ1) is 15.4. The number of aliphatic hydroxyl groups is 1. The zero-order valence-electron chi connectivity index (χ0n) is 12.8. The maximum absolute atomic E-state index is 14.1. The third-order valence-corrected chi connectivity index (χ3v) is 4.77. The van der Waals surface area contributed by atoms with Gasteiger partial charge < -0.3 is 14.7 Å². The number of rotatable bonds is 2. The van der Waals surface area contributed by atoms with Crippen molar-refractivity contribution in [2.45, 2.75) is 38.3 Å². The molecule has 2 aliphatic rings. The number of amides is 1. The van der Waals surface area contributed by atoms with Crippen LogP contribution in [0.3, 0.4) is 0 Å². The molecule has 0 unspecified atom stereocenters. The van der Waals surface area contributed by atoms with Gasteiger partial charge in [0.15, 0.2) is 0 Å². The first-order valence-corrected chi connectivity index (χ1v) is 7.91.